The number of nitrogens with zero attached hydrogens (tertiary/aromatic N) is 3. The molecule has 0 radical (unpaired) electrons. The summed E-state index contributed by atoms with van der Waals surface area (Å²) in [6.07, 6.45) is 0. The van der Waals surface area contributed by atoms with Gasteiger partial charge in [-0.1, -0.05) is 24.3 Å². The predicted molar refractivity (Wildman–Crippen MR) is 81.2 cm³/mol. The molecule has 0 unspecified atom stereocenters. The van der Waals surface area contributed by atoms with E-state index in [1.165, 1.54) is 6.07 Å². The molecule has 2 rings (SSSR count). The molecule has 0 saturated heterocycles. The summed E-state index contributed by atoms with van der Waals surface area (Å²) < 4.78 is 0. The summed E-state index contributed by atoms with van der Waals surface area (Å²) >= 11 is 0. The summed E-state index contributed by atoms with van der Waals surface area (Å²) in [7, 11) is 1.95. The largest absolute Gasteiger partial charge is 0.370 e. The highest BCUT2D eigenvalue weighted by atomic mass is 16.6. The van der Waals surface area contributed by atoms with Gasteiger partial charge in [-0.05, 0) is 19.9 Å². The van der Waals surface area contributed by atoms with E-state index in [0.717, 1.165) is 22.3 Å². The Morgan fingerprint density at radius 2 is 2.20 bits per heavy atom. The van der Waals surface area contributed by atoms with E-state index in [2.05, 4.69) is 11.6 Å². The fourth-order valence-electron chi connectivity index (χ4n) is 2.29. The Kier molecular flexibility index (Phi) is 3.70. The van der Waals surface area contributed by atoms with Crippen LogP contribution < -0.4 is 4.90 Å². The molecule has 20 heavy (non-hydrogen) atoms. The third-order valence-electron chi connectivity index (χ3n) is 3.04. The molecule has 0 bridgehead atoms. The van der Waals surface area contributed by atoms with E-state index in [1.807, 2.05) is 37.9 Å². The number of non-ortho nitro benzene ring substituents is 1. The Labute approximate surface area is 117 Å². The van der Waals surface area contributed by atoms with Crippen LogP contribution in [0.1, 0.15) is 12.6 Å². The van der Waals surface area contributed by atoms with Crippen molar-refractivity contribution < 1.29 is 4.92 Å². The maximum Gasteiger partial charge on any atom is 0.295 e. The quantitative estimate of drug-likeness (QED) is 0.485. The van der Waals surface area contributed by atoms with Gasteiger partial charge in [0.25, 0.3) is 5.69 Å². The minimum atomic E-state index is -0.392. The number of fused-ring (bicyclic) bond motifs is 1. The molecule has 2 aromatic rings. The Hall–Kier alpha value is -2.43. The number of rotatable bonds is 4. The summed E-state index contributed by atoms with van der Waals surface area (Å²) in [6, 6.07) is 6.97. The maximum absolute atomic E-state index is 11.1. The van der Waals surface area contributed by atoms with Crippen LogP contribution in [0.4, 0.5) is 11.4 Å². The summed E-state index contributed by atoms with van der Waals surface area (Å²) in [5.74, 6) is 0. The Morgan fingerprint density at radius 3 is 2.80 bits per heavy atom. The first-order valence-electron chi connectivity index (χ1n) is 6.30. The van der Waals surface area contributed by atoms with Crippen molar-refractivity contribution in [1.82, 2.24) is 4.98 Å². The molecule has 0 atom stereocenters. The van der Waals surface area contributed by atoms with Crippen molar-refractivity contribution in [1.29, 1.82) is 0 Å². The zero-order chi connectivity index (χ0) is 14.9. The zero-order valence-electron chi connectivity index (χ0n) is 11.9. The van der Waals surface area contributed by atoms with Gasteiger partial charge >= 0.3 is 0 Å². The second kappa shape index (κ2) is 5.28. The highest BCUT2D eigenvalue weighted by Crippen LogP contribution is 2.31. The number of benzene rings is 1. The molecule has 1 heterocycles. The number of aryl methyl sites for hydroxylation is 1. The van der Waals surface area contributed by atoms with Crippen molar-refractivity contribution in [3.05, 3.63) is 52.2 Å². The molecule has 0 saturated carbocycles. The SMILES string of the molecule is C=C(C)CN(C)c1cc(C)nc2c([N+](=O)[O-])cccc12. The lowest BCUT2D eigenvalue weighted by Gasteiger charge is -2.21. The van der Waals surface area contributed by atoms with Crippen LogP contribution in [0.25, 0.3) is 10.9 Å². The van der Waals surface area contributed by atoms with E-state index in [0.29, 0.717) is 12.1 Å². The van der Waals surface area contributed by atoms with Crippen LogP contribution in [-0.4, -0.2) is 23.5 Å². The molecule has 0 aliphatic carbocycles. The molecule has 0 amide bonds. The predicted octanol–water partition coefficient (Wildman–Crippen LogP) is 3.46. The standard InChI is InChI=1S/C15H17N3O2/c1-10(2)9-17(4)14-8-11(3)16-15-12(14)6-5-7-13(15)18(19)20/h5-8H,1,9H2,2-4H3. The lowest BCUT2D eigenvalue weighted by molar-refractivity contribution is -0.383. The van der Waals surface area contributed by atoms with E-state index in [4.69, 9.17) is 0 Å². The molecule has 0 N–H and O–H groups in total. The third-order valence-corrected chi connectivity index (χ3v) is 3.04. The summed E-state index contributed by atoms with van der Waals surface area (Å²) in [6.45, 7) is 8.39. The van der Waals surface area contributed by atoms with Crippen molar-refractivity contribution in [2.24, 2.45) is 0 Å². The van der Waals surface area contributed by atoms with E-state index in [-0.39, 0.29) is 5.69 Å². The molecule has 0 aliphatic rings. The number of hydrogen-bond donors (Lipinski definition) is 0. The highest BCUT2D eigenvalue weighted by molar-refractivity contribution is 5.97. The van der Waals surface area contributed by atoms with Gasteiger partial charge in [-0.25, -0.2) is 4.98 Å². The molecular formula is C15H17N3O2. The molecular weight excluding hydrogens is 254 g/mol. The van der Waals surface area contributed by atoms with Gasteiger partial charge < -0.3 is 4.90 Å². The van der Waals surface area contributed by atoms with Crippen LogP contribution in [-0.2, 0) is 0 Å². The smallest absolute Gasteiger partial charge is 0.295 e. The van der Waals surface area contributed by atoms with Gasteiger partial charge in [0.1, 0.15) is 0 Å². The number of nitro groups is 1. The summed E-state index contributed by atoms with van der Waals surface area (Å²) in [5, 5.41) is 11.9. The van der Waals surface area contributed by atoms with Gasteiger partial charge in [0.2, 0.25) is 0 Å². The average molecular weight is 271 g/mol. The molecule has 0 spiro atoms. The molecule has 0 aliphatic heterocycles. The second-order valence-electron chi connectivity index (χ2n) is 5.03. The average Bonchev–Trinajstić information content (AvgIpc) is 2.35. The Bertz CT molecular complexity index is 695. The molecule has 1 aromatic heterocycles. The maximum atomic E-state index is 11.1. The van der Waals surface area contributed by atoms with E-state index in [1.54, 1.807) is 6.07 Å². The fraction of sp³-hybridized carbons (Fsp3) is 0.267. The Balaban J connectivity index is 2.69. The van der Waals surface area contributed by atoms with Gasteiger partial charge in [0.15, 0.2) is 5.52 Å². The zero-order valence-corrected chi connectivity index (χ0v) is 11.9. The van der Waals surface area contributed by atoms with Gasteiger partial charge in [0, 0.05) is 36.4 Å². The number of anilines is 1. The third kappa shape index (κ3) is 2.61. The number of hydrogen-bond acceptors (Lipinski definition) is 4. The second-order valence-corrected chi connectivity index (χ2v) is 5.03. The van der Waals surface area contributed by atoms with E-state index in [9.17, 15) is 10.1 Å². The van der Waals surface area contributed by atoms with Crippen molar-refractivity contribution in [2.45, 2.75) is 13.8 Å². The Morgan fingerprint density at radius 1 is 1.50 bits per heavy atom. The minimum absolute atomic E-state index is 0.0381. The summed E-state index contributed by atoms with van der Waals surface area (Å²) in [5.41, 5.74) is 3.19. The highest BCUT2D eigenvalue weighted by Gasteiger charge is 2.17. The monoisotopic (exact) mass is 271 g/mol. The van der Waals surface area contributed by atoms with Crippen LogP contribution >= 0.6 is 0 Å². The minimum Gasteiger partial charge on any atom is -0.370 e. The first kappa shape index (κ1) is 14.0. The van der Waals surface area contributed by atoms with Crippen LogP contribution in [0.15, 0.2) is 36.4 Å². The molecule has 5 nitrogen and oxygen atoms in total. The fourth-order valence-corrected chi connectivity index (χ4v) is 2.29. The first-order chi connectivity index (χ1) is 9.40. The first-order valence-corrected chi connectivity index (χ1v) is 6.30. The van der Waals surface area contributed by atoms with E-state index < -0.39 is 4.92 Å². The van der Waals surface area contributed by atoms with Crippen molar-refractivity contribution in [2.75, 3.05) is 18.5 Å². The van der Waals surface area contributed by atoms with Gasteiger partial charge in [0.05, 0.1) is 4.92 Å². The van der Waals surface area contributed by atoms with E-state index >= 15 is 0 Å². The number of aromatic nitrogens is 1. The molecule has 5 heteroatoms. The normalized spacial score (nSPS) is 10.6. The van der Waals surface area contributed by atoms with Crippen LogP contribution in [0.2, 0.25) is 0 Å². The van der Waals surface area contributed by atoms with Gasteiger partial charge in [-0.2, -0.15) is 0 Å². The summed E-state index contributed by atoms with van der Waals surface area (Å²) in [4.78, 5) is 17.1. The van der Waals surface area contributed by atoms with Crippen molar-refractivity contribution in [3.63, 3.8) is 0 Å². The van der Waals surface area contributed by atoms with Crippen LogP contribution in [0.3, 0.4) is 0 Å². The molecule has 0 fully saturated rings. The van der Waals surface area contributed by atoms with Crippen LogP contribution in [0, 0.1) is 17.0 Å². The van der Waals surface area contributed by atoms with Crippen LogP contribution in [0.5, 0.6) is 0 Å². The molecule has 1 aromatic carbocycles. The van der Waals surface area contributed by atoms with Crippen molar-refractivity contribution >= 4 is 22.3 Å². The number of para-hydroxylation sites is 1. The topological polar surface area (TPSA) is 59.3 Å². The van der Waals surface area contributed by atoms with Gasteiger partial charge in [-0.15, -0.1) is 0 Å². The molecule has 104 valence electrons. The number of nitro benzene ring substituents is 1. The number of pyridine rings is 1. The van der Waals surface area contributed by atoms with Gasteiger partial charge in [-0.3, -0.25) is 10.1 Å². The number of likely N-dealkylation sites (N-methyl/N-ethyl adjacent to an activating group) is 1. The van der Waals surface area contributed by atoms with Crippen molar-refractivity contribution in [3.8, 4) is 0 Å². The lowest BCUT2D eigenvalue weighted by Crippen LogP contribution is -2.19. The lowest BCUT2D eigenvalue weighted by atomic mass is 10.1.